The number of aldehydes is 1. The van der Waals surface area contributed by atoms with Gasteiger partial charge < -0.3 is 0 Å². The Balaban J connectivity index is 3.50. The summed E-state index contributed by atoms with van der Waals surface area (Å²) in [6, 6.07) is 0. The molecule has 6 heavy (non-hydrogen) atoms. The van der Waals surface area contributed by atoms with Crippen LogP contribution < -0.4 is 0 Å². The van der Waals surface area contributed by atoms with E-state index in [0.29, 0.717) is 11.9 Å². The van der Waals surface area contributed by atoms with Crippen molar-refractivity contribution in [3.05, 3.63) is 11.1 Å². The van der Waals surface area contributed by atoms with Crippen molar-refractivity contribution >= 4 is 17.9 Å². The number of carbonyl (C=O) groups excluding carboxylic acids is 1. The van der Waals surface area contributed by atoms with Crippen LogP contribution in [-0.4, -0.2) is 6.29 Å². The molecule has 0 unspecified atom stereocenters. The topological polar surface area (TPSA) is 17.1 Å². The maximum Gasteiger partial charge on any atom is 0.146 e. The van der Waals surface area contributed by atoms with Crippen molar-refractivity contribution in [3.8, 4) is 0 Å². The Morgan fingerprint density at radius 2 is 2.33 bits per heavy atom. The molecule has 0 aliphatic heterocycles. The highest BCUT2D eigenvalue weighted by molar-refractivity contribution is 6.26. The van der Waals surface area contributed by atoms with Crippen LogP contribution in [-0.2, 0) is 4.79 Å². The van der Waals surface area contributed by atoms with Gasteiger partial charge in [-0.1, -0.05) is 11.6 Å². The van der Waals surface area contributed by atoms with E-state index in [1.165, 1.54) is 5.54 Å². The third-order valence-electron chi connectivity index (χ3n) is 0.358. The molecule has 0 radical (unpaired) electrons. The summed E-state index contributed by atoms with van der Waals surface area (Å²) < 4.78 is 0. The van der Waals surface area contributed by atoms with Crippen LogP contribution in [0.3, 0.4) is 0 Å². The molecule has 0 atom stereocenters. The molecule has 0 bridgehead atoms. The summed E-state index contributed by atoms with van der Waals surface area (Å²) in [6.07, 6.45) is 0.701. The monoisotopic (exact) mass is 104 g/mol. The van der Waals surface area contributed by atoms with Gasteiger partial charge in [-0.2, -0.15) is 0 Å². The molecule has 0 saturated carbocycles. The summed E-state index contributed by atoms with van der Waals surface area (Å²) in [5, 5.41) is 0. The highest BCUT2D eigenvalue weighted by Crippen LogP contribution is 1.86. The van der Waals surface area contributed by atoms with E-state index in [2.05, 4.69) is 0 Å². The lowest BCUT2D eigenvalue weighted by Crippen LogP contribution is -1.68. The Bertz CT molecular complexity index is 75.6. The number of halogens is 1. The minimum Gasteiger partial charge on any atom is -0.298 e. The molecule has 0 saturated heterocycles. The number of carbonyl (C=O) groups is 1. The highest BCUT2D eigenvalue weighted by Gasteiger charge is 1.74. The first-order valence-corrected chi connectivity index (χ1v) is 1.97. The van der Waals surface area contributed by atoms with E-state index in [9.17, 15) is 4.79 Å². The summed E-state index contributed by atoms with van der Waals surface area (Å²) in [6.45, 7) is 1.64. The number of hydrogen-bond acceptors (Lipinski definition) is 1. The molecule has 34 valence electrons. The lowest BCUT2D eigenvalue weighted by atomic mass is 10.4. The van der Waals surface area contributed by atoms with Crippen molar-refractivity contribution < 1.29 is 4.79 Å². The van der Waals surface area contributed by atoms with Crippen LogP contribution in [0, 0.1) is 0 Å². The molecule has 0 aliphatic carbocycles. The van der Waals surface area contributed by atoms with Crippen LogP contribution in [0.25, 0.3) is 0 Å². The summed E-state index contributed by atoms with van der Waals surface area (Å²) in [5.41, 5.74) is 1.80. The molecular weight excluding hydrogens is 99.5 g/mol. The van der Waals surface area contributed by atoms with Gasteiger partial charge in [-0.05, 0) is 6.92 Å². The summed E-state index contributed by atoms with van der Waals surface area (Å²) in [4.78, 5) is 9.58. The average molecular weight is 105 g/mol. The van der Waals surface area contributed by atoms with E-state index in [1.807, 2.05) is 0 Å². The highest BCUT2D eigenvalue weighted by atomic mass is 35.5. The van der Waals surface area contributed by atoms with Crippen molar-refractivity contribution in [2.24, 2.45) is 0 Å². The first kappa shape index (κ1) is 5.70. The van der Waals surface area contributed by atoms with Crippen molar-refractivity contribution in [1.29, 1.82) is 0 Å². The van der Waals surface area contributed by atoms with Gasteiger partial charge in [0.1, 0.15) is 6.29 Å². The molecule has 0 heterocycles. The second-order valence-electron chi connectivity index (χ2n) is 0.971. The SMILES string of the molecule is C/C(C=O)=C\Cl. The Morgan fingerprint density at radius 1 is 1.83 bits per heavy atom. The lowest BCUT2D eigenvalue weighted by Gasteiger charge is -1.71. The quantitative estimate of drug-likeness (QED) is 0.362. The third-order valence-corrected chi connectivity index (χ3v) is 0.702. The minimum atomic E-state index is 0.552. The molecule has 2 heteroatoms. The van der Waals surface area contributed by atoms with Crippen LogP contribution in [0.2, 0.25) is 0 Å². The standard InChI is InChI=1S/C4H5ClO/c1-4(2-5)3-6/h2-3H,1H3/b4-2+. The molecule has 0 spiro atoms. The zero-order valence-corrected chi connectivity index (χ0v) is 4.20. The van der Waals surface area contributed by atoms with Crippen LogP contribution in [0.15, 0.2) is 11.1 Å². The van der Waals surface area contributed by atoms with Crippen molar-refractivity contribution in [2.75, 3.05) is 0 Å². The van der Waals surface area contributed by atoms with Gasteiger partial charge in [-0.15, -0.1) is 0 Å². The summed E-state index contributed by atoms with van der Waals surface area (Å²) >= 11 is 5.06. The predicted molar refractivity (Wildman–Crippen MR) is 25.7 cm³/mol. The molecule has 1 nitrogen and oxygen atoms in total. The Morgan fingerprint density at radius 3 is 2.33 bits per heavy atom. The molecule has 0 N–H and O–H groups in total. The lowest BCUT2D eigenvalue weighted by molar-refractivity contribution is -0.104. The van der Waals surface area contributed by atoms with Gasteiger partial charge in [0.15, 0.2) is 0 Å². The van der Waals surface area contributed by atoms with Crippen molar-refractivity contribution in [3.63, 3.8) is 0 Å². The normalized spacial score (nSPS) is 11.3. The second-order valence-corrected chi connectivity index (χ2v) is 1.19. The maximum absolute atomic E-state index is 9.58. The Hall–Kier alpha value is -0.300. The zero-order valence-electron chi connectivity index (χ0n) is 3.44. The van der Waals surface area contributed by atoms with Crippen LogP contribution >= 0.6 is 11.6 Å². The summed E-state index contributed by atoms with van der Waals surface area (Å²) in [7, 11) is 0. The van der Waals surface area contributed by atoms with E-state index in [0.717, 1.165) is 0 Å². The van der Waals surface area contributed by atoms with E-state index in [1.54, 1.807) is 6.92 Å². The maximum atomic E-state index is 9.58. The van der Waals surface area contributed by atoms with Crippen LogP contribution in [0.1, 0.15) is 6.92 Å². The first-order chi connectivity index (χ1) is 2.81. The molecule has 0 aromatic heterocycles. The number of allylic oxidation sites excluding steroid dienone is 1. The van der Waals surface area contributed by atoms with E-state index < -0.39 is 0 Å². The number of rotatable bonds is 1. The van der Waals surface area contributed by atoms with E-state index in [4.69, 9.17) is 11.6 Å². The molecule has 0 aliphatic rings. The summed E-state index contributed by atoms with van der Waals surface area (Å²) in [5.74, 6) is 0. The molecule has 0 aromatic carbocycles. The smallest absolute Gasteiger partial charge is 0.146 e. The van der Waals surface area contributed by atoms with Gasteiger partial charge in [0.2, 0.25) is 0 Å². The van der Waals surface area contributed by atoms with Gasteiger partial charge in [0.25, 0.3) is 0 Å². The molecular formula is C4H5ClO. The zero-order chi connectivity index (χ0) is 4.99. The van der Waals surface area contributed by atoms with Gasteiger partial charge in [0.05, 0.1) is 0 Å². The molecule has 0 fully saturated rings. The van der Waals surface area contributed by atoms with Crippen molar-refractivity contribution in [1.82, 2.24) is 0 Å². The fourth-order valence-corrected chi connectivity index (χ4v) is 0.0772. The second kappa shape index (κ2) is 2.91. The van der Waals surface area contributed by atoms with Crippen LogP contribution in [0.5, 0.6) is 0 Å². The van der Waals surface area contributed by atoms with Crippen LogP contribution in [0.4, 0.5) is 0 Å². The molecule has 0 aromatic rings. The molecule has 0 amide bonds. The first-order valence-electron chi connectivity index (χ1n) is 1.53. The van der Waals surface area contributed by atoms with Gasteiger partial charge in [-0.3, -0.25) is 4.79 Å². The van der Waals surface area contributed by atoms with E-state index in [-0.39, 0.29) is 0 Å². The van der Waals surface area contributed by atoms with E-state index >= 15 is 0 Å². The van der Waals surface area contributed by atoms with Gasteiger partial charge in [-0.25, -0.2) is 0 Å². The fourth-order valence-electron chi connectivity index (χ4n) is 0.0257. The van der Waals surface area contributed by atoms with Gasteiger partial charge >= 0.3 is 0 Å². The Kier molecular flexibility index (Phi) is 2.77. The number of hydrogen-bond donors (Lipinski definition) is 0. The average Bonchev–Trinajstić information content (AvgIpc) is 1.65. The van der Waals surface area contributed by atoms with Gasteiger partial charge in [0, 0.05) is 11.1 Å². The minimum absolute atomic E-state index is 0.552. The Labute approximate surface area is 41.6 Å². The van der Waals surface area contributed by atoms with Crippen molar-refractivity contribution in [2.45, 2.75) is 6.92 Å². The largest absolute Gasteiger partial charge is 0.298 e. The third kappa shape index (κ3) is 1.97. The predicted octanol–water partition coefficient (Wildman–Crippen LogP) is 1.33. The fraction of sp³-hybridized carbons (Fsp3) is 0.250. The molecule has 0 rings (SSSR count).